The first-order valence-corrected chi connectivity index (χ1v) is 5.32. The molecule has 0 aliphatic carbocycles. The van der Waals surface area contributed by atoms with Crippen LogP contribution in [0.3, 0.4) is 0 Å². The number of para-hydroxylation sites is 1. The Morgan fingerprint density at radius 1 is 1.50 bits per heavy atom. The lowest BCUT2D eigenvalue weighted by molar-refractivity contribution is -0.143. The molecule has 0 radical (unpaired) electrons. The summed E-state index contributed by atoms with van der Waals surface area (Å²) in [6.07, 6.45) is 0.582. The van der Waals surface area contributed by atoms with Gasteiger partial charge in [0.15, 0.2) is 0 Å². The van der Waals surface area contributed by atoms with Crippen molar-refractivity contribution in [2.45, 2.75) is 25.9 Å². The van der Waals surface area contributed by atoms with Gasteiger partial charge in [0, 0.05) is 12.2 Å². The van der Waals surface area contributed by atoms with E-state index in [1.165, 1.54) is 0 Å². The van der Waals surface area contributed by atoms with Crippen LogP contribution >= 0.6 is 0 Å². The molecule has 0 heterocycles. The van der Waals surface area contributed by atoms with Gasteiger partial charge in [0.05, 0.1) is 0 Å². The van der Waals surface area contributed by atoms with Crippen molar-refractivity contribution in [1.29, 1.82) is 0 Å². The van der Waals surface area contributed by atoms with Gasteiger partial charge in [-0.2, -0.15) is 0 Å². The molecule has 16 heavy (non-hydrogen) atoms. The van der Waals surface area contributed by atoms with E-state index in [1.807, 2.05) is 31.2 Å². The van der Waals surface area contributed by atoms with E-state index in [0.29, 0.717) is 18.7 Å². The van der Waals surface area contributed by atoms with Crippen LogP contribution in [-0.4, -0.2) is 29.1 Å². The minimum absolute atomic E-state index is 0.459. The van der Waals surface area contributed by atoms with Gasteiger partial charge in [-0.25, -0.2) is 0 Å². The van der Waals surface area contributed by atoms with Crippen molar-refractivity contribution in [3.8, 4) is 0 Å². The van der Waals surface area contributed by atoms with Gasteiger partial charge in [-0.1, -0.05) is 25.1 Å². The number of nitrogens with zero attached hydrogens (tertiary/aromatic N) is 1. The van der Waals surface area contributed by atoms with Crippen LogP contribution < -0.4 is 5.73 Å². The molecule has 0 spiro atoms. The highest BCUT2D eigenvalue weighted by molar-refractivity contribution is 5.73. The second-order valence-corrected chi connectivity index (χ2v) is 3.88. The summed E-state index contributed by atoms with van der Waals surface area (Å²) in [5, 5.41) is 9.02. The van der Waals surface area contributed by atoms with Crippen LogP contribution in [0.1, 0.15) is 18.9 Å². The topological polar surface area (TPSA) is 66.6 Å². The number of anilines is 1. The van der Waals surface area contributed by atoms with E-state index in [0.717, 1.165) is 5.56 Å². The molecular weight excluding hydrogens is 204 g/mol. The maximum atomic E-state index is 11.0. The Labute approximate surface area is 95.7 Å². The summed E-state index contributed by atoms with van der Waals surface area (Å²) < 4.78 is 0. The van der Waals surface area contributed by atoms with Crippen molar-refractivity contribution in [3.63, 3.8) is 0 Å². The van der Waals surface area contributed by atoms with Gasteiger partial charge < -0.3 is 10.8 Å². The monoisotopic (exact) mass is 222 g/mol. The summed E-state index contributed by atoms with van der Waals surface area (Å²) in [5.41, 5.74) is 7.48. The Morgan fingerprint density at radius 3 is 2.62 bits per heavy atom. The smallest absolute Gasteiger partial charge is 0.320 e. The van der Waals surface area contributed by atoms with Gasteiger partial charge in [-0.15, -0.1) is 0 Å². The quantitative estimate of drug-likeness (QED) is 0.742. The molecule has 1 atom stereocenters. The molecule has 0 fully saturated rings. The highest BCUT2D eigenvalue weighted by Crippen LogP contribution is 2.15. The van der Waals surface area contributed by atoms with Crippen molar-refractivity contribution in [2.75, 3.05) is 12.8 Å². The fourth-order valence-electron chi connectivity index (χ4n) is 1.73. The second-order valence-electron chi connectivity index (χ2n) is 3.88. The zero-order valence-corrected chi connectivity index (χ0v) is 9.68. The second kappa shape index (κ2) is 5.51. The SMILES string of the molecule is CCC(C(=O)O)N(C)Cc1ccccc1N. The van der Waals surface area contributed by atoms with Crippen LogP contribution in [0.25, 0.3) is 0 Å². The standard InChI is InChI=1S/C12H18N2O2/c1-3-11(12(15)16)14(2)8-9-6-4-5-7-10(9)13/h4-7,11H,3,8,13H2,1-2H3,(H,15,16). The fourth-order valence-corrected chi connectivity index (χ4v) is 1.73. The summed E-state index contributed by atoms with van der Waals surface area (Å²) >= 11 is 0. The van der Waals surface area contributed by atoms with Gasteiger partial charge in [0.1, 0.15) is 6.04 Å². The van der Waals surface area contributed by atoms with Gasteiger partial charge in [0.25, 0.3) is 0 Å². The van der Waals surface area contributed by atoms with Crippen LogP contribution in [0.4, 0.5) is 5.69 Å². The van der Waals surface area contributed by atoms with E-state index < -0.39 is 12.0 Å². The molecule has 1 aromatic rings. The predicted octanol–water partition coefficient (Wildman–Crippen LogP) is 1.56. The summed E-state index contributed by atoms with van der Waals surface area (Å²) in [5.74, 6) is -0.792. The molecule has 4 nitrogen and oxygen atoms in total. The Hall–Kier alpha value is -1.55. The van der Waals surface area contributed by atoms with Crippen LogP contribution in [0, 0.1) is 0 Å². The first kappa shape index (κ1) is 12.5. The molecule has 1 unspecified atom stereocenters. The Bertz CT molecular complexity index is 366. The van der Waals surface area contributed by atoms with Gasteiger partial charge in [-0.3, -0.25) is 9.69 Å². The molecule has 0 aliphatic rings. The third-order valence-electron chi connectivity index (χ3n) is 2.68. The van der Waals surface area contributed by atoms with E-state index >= 15 is 0 Å². The first-order valence-electron chi connectivity index (χ1n) is 5.32. The largest absolute Gasteiger partial charge is 0.480 e. The van der Waals surface area contributed by atoms with E-state index in [2.05, 4.69) is 0 Å². The summed E-state index contributed by atoms with van der Waals surface area (Å²) in [6, 6.07) is 7.06. The first-order chi connectivity index (χ1) is 7.56. The fraction of sp³-hybridized carbons (Fsp3) is 0.417. The van der Waals surface area contributed by atoms with Crippen molar-refractivity contribution in [1.82, 2.24) is 4.90 Å². The molecule has 0 amide bonds. The maximum absolute atomic E-state index is 11.0. The van der Waals surface area contributed by atoms with E-state index in [4.69, 9.17) is 10.8 Å². The zero-order chi connectivity index (χ0) is 12.1. The zero-order valence-electron chi connectivity index (χ0n) is 9.68. The lowest BCUT2D eigenvalue weighted by Gasteiger charge is -2.23. The van der Waals surface area contributed by atoms with Crippen molar-refractivity contribution < 1.29 is 9.90 Å². The molecule has 0 bridgehead atoms. The number of carboxylic acid groups (broad SMARTS) is 1. The number of nitrogen functional groups attached to an aromatic ring is 1. The molecule has 88 valence electrons. The van der Waals surface area contributed by atoms with Crippen molar-refractivity contribution in [3.05, 3.63) is 29.8 Å². The number of carboxylic acids is 1. The van der Waals surface area contributed by atoms with E-state index in [9.17, 15) is 4.79 Å². The number of likely N-dealkylation sites (N-methyl/N-ethyl adjacent to an activating group) is 1. The van der Waals surface area contributed by atoms with Gasteiger partial charge in [0.2, 0.25) is 0 Å². The number of hydrogen-bond acceptors (Lipinski definition) is 3. The van der Waals surface area contributed by atoms with Crippen molar-refractivity contribution >= 4 is 11.7 Å². The third kappa shape index (κ3) is 2.97. The van der Waals surface area contributed by atoms with Gasteiger partial charge >= 0.3 is 5.97 Å². The number of hydrogen-bond donors (Lipinski definition) is 2. The number of carbonyl (C=O) groups is 1. The van der Waals surface area contributed by atoms with E-state index in [1.54, 1.807) is 11.9 Å². The summed E-state index contributed by atoms with van der Waals surface area (Å²) in [7, 11) is 1.80. The van der Waals surface area contributed by atoms with Crippen molar-refractivity contribution in [2.24, 2.45) is 0 Å². The van der Waals surface area contributed by atoms with Gasteiger partial charge in [-0.05, 0) is 25.1 Å². The van der Waals surface area contributed by atoms with Crippen LogP contribution in [0.2, 0.25) is 0 Å². The number of aliphatic carboxylic acids is 1. The molecule has 0 saturated carbocycles. The Morgan fingerprint density at radius 2 is 2.12 bits per heavy atom. The summed E-state index contributed by atoms with van der Waals surface area (Å²) in [4.78, 5) is 12.8. The average Bonchev–Trinajstić information content (AvgIpc) is 2.22. The Balaban J connectivity index is 2.74. The van der Waals surface area contributed by atoms with E-state index in [-0.39, 0.29) is 0 Å². The number of benzene rings is 1. The highest BCUT2D eigenvalue weighted by atomic mass is 16.4. The number of nitrogens with two attached hydrogens (primary N) is 1. The molecule has 3 N–H and O–H groups in total. The third-order valence-corrected chi connectivity index (χ3v) is 2.68. The molecule has 4 heteroatoms. The van der Waals surface area contributed by atoms with Crippen LogP contribution in [0.15, 0.2) is 24.3 Å². The van der Waals surface area contributed by atoms with Crippen LogP contribution in [0.5, 0.6) is 0 Å². The highest BCUT2D eigenvalue weighted by Gasteiger charge is 2.20. The Kier molecular flexibility index (Phi) is 4.31. The molecule has 0 aromatic heterocycles. The lowest BCUT2D eigenvalue weighted by atomic mass is 10.1. The molecule has 0 saturated heterocycles. The average molecular weight is 222 g/mol. The summed E-state index contributed by atoms with van der Waals surface area (Å²) in [6.45, 7) is 2.42. The predicted molar refractivity (Wildman–Crippen MR) is 64.0 cm³/mol. The molecular formula is C12H18N2O2. The lowest BCUT2D eigenvalue weighted by Crippen LogP contribution is -2.37. The van der Waals surface area contributed by atoms with Crippen LogP contribution in [-0.2, 0) is 11.3 Å². The maximum Gasteiger partial charge on any atom is 0.320 e. The normalized spacial score (nSPS) is 12.7. The minimum atomic E-state index is -0.792. The molecule has 1 rings (SSSR count). The number of rotatable bonds is 5. The molecule has 1 aromatic carbocycles. The minimum Gasteiger partial charge on any atom is -0.480 e. The molecule has 0 aliphatic heterocycles.